The van der Waals surface area contributed by atoms with Crippen molar-refractivity contribution in [3.8, 4) is 5.75 Å². The topological polar surface area (TPSA) is 214 Å². The number of piperidine rings is 2. The molecule has 2 saturated carbocycles. The third-order valence-corrected chi connectivity index (χ3v) is 15.8. The van der Waals surface area contributed by atoms with Gasteiger partial charge in [0, 0.05) is 73.8 Å². The summed E-state index contributed by atoms with van der Waals surface area (Å²) in [5.74, 6) is -3.20. The van der Waals surface area contributed by atoms with E-state index >= 15 is 0 Å². The number of nitrogens with zero attached hydrogens (tertiary/aromatic N) is 8. The fourth-order valence-electron chi connectivity index (χ4n) is 11.4. The SMILES string of the molecule is Cc1nnc(C(C)C)n1C1CC2N(CC[C@H](NC(=O)C3CN(C(=O)CCCCc4cn(CCOCCOCCOCCOCCOCCOCCOCCOCCC(=O)Oc5c(F)cc(F)cc5F)nn4)C3)c3ccccc3)C3CCC321. The normalized spacial score (nSPS) is 19.7. The Morgan fingerprint density at radius 1 is 0.695 bits per heavy atom. The zero-order chi connectivity index (χ0) is 57.7. The Balaban J connectivity index is 0.555. The summed E-state index contributed by atoms with van der Waals surface area (Å²) >= 11 is 0. The first-order chi connectivity index (χ1) is 39.9. The molecule has 1 N–H and O–H groups in total. The van der Waals surface area contributed by atoms with Gasteiger partial charge in [-0.05, 0) is 57.4 Å². The van der Waals surface area contributed by atoms with Crippen molar-refractivity contribution in [3.63, 3.8) is 0 Å². The van der Waals surface area contributed by atoms with Crippen LogP contribution in [0.15, 0.2) is 48.7 Å². The largest absolute Gasteiger partial charge is 0.420 e. The zero-order valence-corrected chi connectivity index (χ0v) is 47.7. The van der Waals surface area contributed by atoms with Crippen molar-refractivity contribution >= 4 is 17.8 Å². The predicted molar refractivity (Wildman–Crippen MR) is 291 cm³/mol. The number of hydrogen-bond acceptors (Lipinski definition) is 17. The van der Waals surface area contributed by atoms with E-state index < -0.39 is 29.2 Å². The third kappa shape index (κ3) is 17.1. The fraction of sp³-hybridized carbons (Fsp3) is 0.672. The Hall–Kier alpha value is -5.44. The van der Waals surface area contributed by atoms with Gasteiger partial charge in [-0.2, -0.15) is 0 Å². The number of likely N-dealkylation sites (tertiary alicyclic amines) is 2. The molecule has 8 rings (SSSR count). The number of hydrogen-bond donors (Lipinski definition) is 1. The molecule has 2 amide bonds. The highest BCUT2D eigenvalue weighted by Gasteiger charge is 2.75. The predicted octanol–water partition coefficient (Wildman–Crippen LogP) is 5.74. The smallest absolute Gasteiger partial charge is 0.313 e. The molecule has 0 bridgehead atoms. The number of carbonyl (C=O) groups excluding carboxylic acids is 3. The first-order valence-electron chi connectivity index (χ1n) is 29.1. The number of unbranched alkanes of at least 4 members (excludes halogenated alkanes) is 1. The van der Waals surface area contributed by atoms with Crippen LogP contribution in [0.5, 0.6) is 5.75 Å². The zero-order valence-electron chi connectivity index (χ0n) is 47.7. The highest BCUT2D eigenvalue weighted by Crippen LogP contribution is 2.73. The summed E-state index contributed by atoms with van der Waals surface area (Å²) in [5.41, 5.74) is 2.33. The number of rotatable bonds is 41. The Morgan fingerprint density at radius 2 is 1.28 bits per heavy atom. The molecule has 82 heavy (non-hydrogen) atoms. The summed E-state index contributed by atoms with van der Waals surface area (Å²) in [4.78, 5) is 42.9. The van der Waals surface area contributed by atoms with Gasteiger partial charge in [0.2, 0.25) is 17.6 Å². The molecule has 2 aromatic heterocycles. The number of nitrogens with one attached hydrogen (secondary N) is 1. The quantitative estimate of drug-likeness (QED) is 0.0319. The van der Waals surface area contributed by atoms with Gasteiger partial charge in [-0.25, -0.2) is 17.9 Å². The molecule has 2 aromatic carbocycles. The number of halogens is 3. The van der Waals surface area contributed by atoms with Gasteiger partial charge in [-0.3, -0.25) is 19.3 Å². The lowest BCUT2D eigenvalue weighted by Crippen LogP contribution is -2.85. The average molecular weight is 1150 g/mol. The van der Waals surface area contributed by atoms with E-state index in [0.29, 0.717) is 154 Å². The van der Waals surface area contributed by atoms with Crippen LogP contribution in [0.3, 0.4) is 0 Å². The number of benzene rings is 2. The third-order valence-electron chi connectivity index (χ3n) is 15.8. The first-order valence-corrected chi connectivity index (χ1v) is 29.1. The molecular weight excluding hydrogens is 1070 g/mol. The van der Waals surface area contributed by atoms with Gasteiger partial charge in [0.1, 0.15) is 17.5 Å². The molecule has 2 aliphatic carbocycles. The van der Waals surface area contributed by atoms with Crippen molar-refractivity contribution in [1.29, 1.82) is 0 Å². The van der Waals surface area contributed by atoms with E-state index in [2.05, 4.69) is 72.9 Å². The van der Waals surface area contributed by atoms with Gasteiger partial charge >= 0.3 is 5.97 Å². The van der Waals surface area contributed by atoms with Gasteiger partial charge in [0.25, 0.3) is 0 Å². The van der Waals surface area contributed by atoms with Crippen LogP contribution in [0, 0.1) is 35.7 Å². The molecule has 1 spiro atoms. The summed E-state index contributed by atoms with van der Waals surface area (Å²) in [6.07, 6.45) is 8.85. The maximum Gasteiger partial charge on any atom is 0.313 e. The van der Waals surface area contributed by atoms with E-state index in [1.165, 1.54) is 12.8 Å². The summed E-state index contributed by atoms with van der Waals surface area (Å²) in [7, 11) is 0. The standard InChI is InChI=1S/C58H82F3N9O12/c1-41(2)56-65-63-42(3)70(56)52-37-51-58(52)16-13-50(58)69(51)17-14-49(43-9-5-4-6-10-43)62-57(73)44-38-67(39-44)53(71)12-8-7-11-46-40-68(66-64-46)18-20-75-22-24-77-26-28-79-30-32-81-34-33-80-31-29-78-27-25-76-23-21-74-19-15-54(72)82-55-47(60)35-45(59)36-48(55)61/h4-6,9-10,35-36,40-41,44,49-52H,7-8,11-34,37-39H2,1-3H3,(H,62,73)/t49-,50?,51?,52?,58?/m0/s1. The van der Waals surface area contributed by atoms with Crippen molar-refractivity contribution < 1.29 is 70.2 Å². The summed E-state index contributed by atoms with van der Waals surface area (Å²) in [6, 6.07) is 12.7. The van der Waals surface area contributed by atoms with Crippen molar-refractivity contribution in [2.24, 2.45) is 11.3 Å². The number of aryl methyl sites for hydroxylation is 2. The van der Waals surface area contributed by atoms with Gasteiger partial charge in [0.05, 0.1) is 136 Å². The first kappa shape index (κ1) is 62.6. The lowest BCUT2D eigenvalue weighted by Gasteiger charge is -2.80. The van der Waals surface area contributed by atoms with Crippen LogP contribution in [0.1, 0.15) is 106 Å². The molecule has 4 unspecified atom stereocenters. The lowest BCUT2D eigenvalue weighted by atomic mass is 9.40. The van der Waals surface area contributed by atoms with E-state index in [0.717, 1.165) is 61.6 Å². The second kappa shape index (κ2) is 32.0. The molecule has 4 aliphatic rings. The molecular formula is C58H82F3N9O12. The molecule has 24 heteroatoms. The number of carbonyl (C=O) groups is 3. The van der Waals surface area contributed by atoms with E-state index in [9.17, 15) is 27.6 Å². The summed E-state index contributed by atoms with van der Waals surface area (Å²) in [6.45, 7) is 14.7. The van der Waals surface area contributed by atoms with Crippen LogP contribution in [0.4, 0.5) is 13.2 Å². The van der Waals surface area contributed by atoms with Gasteiger partial charge in [-0.15, -0.1) is 15.3 Å². The fourth-order valence-corrected chi connectivity index (χ4v) is 11.4. The molecule has 2 saturated heterocycles. The molecule has 2 aliphatic heterocycles. The average Bonchev–Trinajstić information content (AvgIpc) is 0.905. The molecule has 21 nitrogen and oxygen atoms in total. The number of amides is 2. The Kier molecular flexibility index (Phi) is 24.4. The van der Waals surface area contributed by atoms with E-state index in [-0.39, 0.29) is 50.0 Å². The van der Waals surface area contributed by atoms with E-state index in [4.69, 9.17) is 37.9 Å². The van der Waals surface area contributed by atoms with Crippen LogP contribution >= 0.6 is 0 Å². The highest BCUT2D eigenvalue weighted by atomic mass is 19.1. The molecule has 4 aromatic rings. The number of esters is 1. The van der Waals surface area contributed by atoms with E-state index in [1.807, 2.05) is 29.3 Å². The van der Waals surface area contributed by atoms with Crippen molar-refractivity contribution in [2.45, 2.75) is 115 Å². The van der Waals surface area contributed by atoms with Crippen LogP contribution in [0.25, 0.3) is 0 Å². The van der Waals surface area contributed by atoms with Crippen LogP contribution in [-0.2, 0) is 65.2 Å². The second-order valence-electron chi connectivity index (χ2n) is 21.6. The van der Waals surface area contributed by atoms with Crippen LogP contribution in [-0.4, -0.2) is 195 Å². The van der Waals surface area contributed by atoms with Gasteiger partial charge in [0.15, 0.2) is 11.6 Å². The van der Waals surface area contributed by atoms with Crippen molar-refractivity contribution in [3.05, 3.63) is 89.0 Å². The summed E-state index contributed by atoms with van der Waals surface area (Å²) in [5, 5.41) is 20.9. The van der Waals surface area contributed by atoms with Crippen molar-refractivity contribution in [2.75, 3.05) is 125 Å². The maximum absolute atomic E-state index is 13.6. The molecule has 0 radical (unpaired) electrons. The van der Waals surface area contributed by atoms with Gasteiger partial charge in [-0.1, -0.05) is 49.4 Å². The lowest BCUT2D eigenvalue weighted by molar-refractivity contribution is -0.295. The second-order valence-corrected chi connectivity index (χ2v) is 21.6. The molecule has 452 valence electrons. The van der Waals surface area contributed by atoms with E-state index in [1.54, 1.807) is 4.68 Å². The molecule has 4 fully saturated rings. The van der Waals surface area contributed by atoms with Crippen LogP contribution < -0.4 is 10.1 Å². The highest BCUT2D eigenvalue weighted by molar-refractivity contribution is 5.84. The Bertz CT molecular complexity index is 2580. The minimum absolute atomic E-state index is 0.0251. The minimum atomic E-state index is -1.30. The summed E-state index contributed by atoms with van der Waals surface area (Å²) < 4.78 is 92.8. The molecule has 5 atom stereocenters. The molecule has 4 heterocycles. The minimum Gasteiger partial charge on any atom is -0.420 e. The monoisotopic (exact) mass is 1150 g/mol. The Labute approximate surface area is 478 Å². The van der Waals surface area contributed by atoms with Crippen molar-refractivity contribution in [1.82, 2.24) is 44.9 Å². The number of aromatic nitrogens is 6. The van der Waals surface area contributed by atoms with Gasteiger partial charge < -0.3 is 57.4 Å². The maximum atomic E-state index is 13.6. The van der Waals surface area contributed by atoms with Crippen LogP contribution in [0.2, 0.25) is 0 Å². The Morgan fingerprint density at radius 3 is 1.84 bits per heavy atom. The number of ether oxygens (including phenoxy) is 9.